The Hall–Kier alpha value is -2.33. The van der Waals surface area contributed by atoms with Crippen molar-refractivity contribution < 1.29 is 17.5 Å². The molecule has 10 heteroatoms. The second-order valence-electron chi connectivity index (χ2n) is 7.44. The number of hydrogen-bond donors (Lipinski definition) is 2. The molecule has 3 aromatic rings. The predicted octanol–water partition coefficient (Wildman–Crippen LogP) is 2.70. The van der Waals surface area contributed by atoms with Crippen LogP contribution in [0.25, 0.3) is 10.9 Å². The van der Waals surface area contributed by atoms with Crippen LogP contribution in [0.15, 0.2) is 46.1 Å². The molecule has 0 saturated carbocycles. The van der Waals surface area contributed by atoms with E-state index >= 15 is 0 Å². The minimum Gasteiger partial charge on any atom is -0.379 e. The van der Waals surface area contributed by atoms with Crippen molar-refractivity contribution in [1.29, 1.82) is 0 Å². The van der Waals surface area contributed by atoms with Gasteiger partial charge in [0, 0.05) is 17.7 Å². The Morgan fingerprint density at radius 2 is 2.03 bits per heavy atom. The molecule has 1 aliphatic rings. The number of rotatable bonds is 5. The lowest BCUT2D eigenvalue weighted by Crippen LogP contribution is -2.50. The van der Waals surface area contributed by atoms with Gasteiger partial charge in [0.25, 0.3) is 5.56 Å². The minimum atomic E-state index is -4.29. The van der Waals surface area contributed by atoms with E-state index in [-0.39, 0.29) is 17.5 Å². The molecule has 2 aromatic carbocycles. The summed E-state index contributed by atoms with van der Waals surface area (Å²) < 4.78 is 49.1. The topological polar surface area (TPSA) is 101 Å². The highest BCUT2D eigenvalue weighted by atomic mass is 35.5. The van der Waals surface area contributed by atoms with E-state index in [0.29, 0.717) is 30.3 Å². The third kappa shape index (κ3) is 4.11. The summed E-state index contributed by atoms with van der Waals surface area (Å²) in [5, 5.41) is 0.570. The predicted molar refractivity (Wildman–Crippen MR) is 111 cm³/mol. The molecule has 0 radical (unpaired) electrons. The number of ether oxygens (including phenoxy) is 1. The summed E-state index contributed by atoms with van der Waals surface area (Å²) in [6, 6.07) is 9.03. The number of hydrogen-bond acceptors (Lipinski definition) is 5. The lowest BCUT2D eigenvalue weighted by molar-refractivity contribution is 0.173. The van der Waals surface area contributed by atoms with E-state index in [9.17, 15) is 17.6 Å². The van der Waals surface area contributed by atoms with Gasteiger partial charge in [0.1, 0.15) is 16.5 Å². The number of benzene rings is 2. The molecular weight excluding hydrogens is 433 g/mol. The van der Waals surface area contributed by atoms with Crippen molar-refractivity contribution in [2.45, 2.75) is 30.2 Å². The molecule has 2 N–H and O–H groups in total. The number of halogens is 2. The summed E-state index contributed by atoms with van der Waals surface area (Å²) in [5.74, 6) is -0.668. The number of aromatic nitrogens is 2. The molecule has 1 unspecified atom stereocenters. The van der Waals surface area contributed by atoms with Crippen molar-refractivity contribution in [3.63, 3.8) is 0 Å². The number of nitrogens with zero attached hydrogens (tertiary/aromatic N) is 1. The molecule has 4 rings (SSSR count). The number of aromatic amines is 1. The monoisotopic (exact) mass is 451 g/mol. The number of fused-ring (bicyclic) bond motifs is 1. The van der Waals surface area contributed by atoms with Gasteiger partial charge in [0.2, 0.25) is 10.0 Å². The van der Waals surface area contributed by atoms with Crippen LogP contribution in [-0.4, -0.2) is 37.1 Å². The van der Waals surface area contributed by atoms with Gasteiger partial charge in [-0.15, -0.1) is 0 Å². The second-order valence-corrected chi connectivity index (χ2v) is 9.53. The molecule has 1 aliphatic heterocycles. The summed E-state index contributed by atoms with van der Waals surface area (Å²) in [5.41, 5.74) is -0.518. The first-order valence-corrected chi connectivity index (χ1v) is 11.1. The smallest absolute Gasteiger partial charge is 0.258 e. The Bertz CT molecular complexity index is 1270. The highest BCUT2D eigenvalue weighted by Gasteiger charge is 2.40. The average molecular weight is 452 g/mol. The van der Waals surface area contributed by atoms with Crippen LogP contribution in [-0.2, 0) is 21.2 Å². The number of aryl methyl sites for hydroxylation is 1. The van der Waals surface area contributed by atoms with Gasteiger partial charge in [-0.3, -0.25) is 4.79 Å². The third-order valence-electron chi connectivity index (χ3n) is 5.08. The maximum Gasteiger partial charge on any atom is 0.258 e. The Morgan fingerprint density at radius 1 is 1.30 bits per heavy atom. The number of sulfonamides is 1. The fraction of sp³-hybridized carbons (Fsp3) is 0.300. The molecule has 1 saturated heterocycles. The zero-order valence-electron chi connectivity index (χ0n) is 16.0. The number of H-pyrrole nitrogens is 1. The molecule has 1 fully saturated rings. The first-order valence-electron chi connectivity index (χ1n) is 9.24. The van der Waals surface area contributed by atoms with Crippen molar-refractivity contribution in [2.24, 2.45) is 0 Å². The molecule has 0 amide bonds. The molecule has 30 heavy (non-hydrogen) atoms. The van der Waals surface area contributed by atoms with Gasteiger partial charge in [0.05, 0.1) is 23.0 Å². The molecular formula is C20H19ClFN3O4S. The quantitative estimate of drug-likeness (QED) is 0.621. The van der Waals surface area contributed by atoms with E-state index < -0.39 is 31.8 Å². The van der Waals surface area contributed by atoms with E-state index in [2.05, 4.69) is 14.7 Å². The van der Waals surface area contributed by atoms with Crippen LogP contribution < -0.4 is 10.3 Å². The molecule has 1 aromatic heterocycles. The Balaban J connectivity index is 1.72. The van der Waals surface area contributed by atoms with Gasteiger partial charge in [-0.05, 0) is 43.5 Å². The SMILES string of the molecule is Cc1nc2cc(F)c(S(=O)(=O)NC3(Cc4ccc(Cl)cc4)CCOC3)cc2c(=O)[nH]1. The first kappa shape index (κ1) is 20.9. The van der Waals surface area contributed by atoms with E-state index in [1.54, 1.807) is 31.2 Å². The standard InChI is InChI=1S/C20H19ClFN3O4S/c1-12-23-17-9-16(22)18(8-15(17)19(26)24-12)30(27,28)25-20(6-7-29-11-20)10-13-2-4-14(21)5-3-13/h2-5,8-9,25H,6-7,10-11H2,1H3,(H,23,24,26). The largest absolute Gasteiger partial charge is 0.379 e. The van der Waals surface area contributed by atoms with Gasteiger partial charge in [0.15, 0.2) is 0 Å². The Kier molecular flexibility index (Phi) is 5.39. The minimum absolute atomic E-state index is 0.00296. The summed E-state index contributed by atoms with van der Waals surface area (Å²) in [4.78, 5) is 18.2. The highest BCUT2D eigenvalue weighted by Crippen LogP contribution is 2.28. The van der Waals surface area contributed by atoms with Crippen LogP contribution in [0.1, 0.15) is 17.8 Å². The van der Waals surface area contributed by atoms with Crippen LogP contribution in [0.2, 0.25) is 5.02 Å². The summed E-state index contributed by atoms with van der Waals surface area (Å²) in [6.45, 7) is 2.08. The van der Waals surface area contributed by atoms with Crippen molar-refractivity contribution >= 4 is 32.5 Å². The Morgan fingerprint density at radius 3 is 2.70 bits per heavy atom. The summed E-state index contributed by atoms with van der Waals surface area (Å²) in [7, 11) is -4.29. The van der Waals surface area contributed by atoms with Gasteiger partial charge < -0.3 is 9.72 Å². The first-order chi connectivity index (χ1) is 14.2. The van der Waals surface area contributed by atoms with Crippen LogP contribution in [0, 0.1) is 12.7 Å². The lowest BCUT2D eigenvalue weighted by atomic mass is 9.91. The van der Waals surface area contributed by atoms with Gasteiger partial charge >= 0.3 is 0 Å². The third-order valence-corrected chi connectivity index (χ3v) is 6.92. The zero-order chi connectivity index (χ0) is 21.5. The maximum atomic E-state index is 14.7. The zero-order valence-corrected chi connectivity index (χ0v) is 17.6. The van der Waals surface area contributed by atoms with Crippen LogP contribution in [0.4, 0.5) is 4.39 Å². The van der Waals surface area contributed by atoms with E-state index in [1.807, 2.05) is 0 Å². The summed E-state index contributed by atoms with van der Waals surface area (Å²) in [6.07, 6.45) is 0.769. The molecule has 0 bridgehead atoms. The van der Waals surface area contributed by atoms with Crippen molar-refractivity contribution in [3.8, 4) is 0 Å². The molecule has 158 valence electrons. The average Bonchev–Trinajstić information content (AvgIpc) is 3.10. The molecule has 0 spiro atoms. The summed E-state index contributed by atoms with van der Waals surface area (Å²) >= 11 is 5.93. The van der Waals surface area contributed by atoms with Crippen molar-refractivity contribution in [2.75, 3.05) is 13.2 Å². The van der Waals surface area contributed by atoms with E-state index in [0.717, 1.165) is 17.7 Å². The maximum absolute atomic E-state index is 14.7. The van der Waals surface area contributed by atoms with Gasteiger partial charge in [-0.1, -0.05) is 23.7 Å². The molecule has 0 aliphatic carbocycles. The van der Waals surface area contributed by atoms with Crippen LogP contribution >= 0.6 is 11.6 Å². The fourth-order valence-corrected chi connectivity index (χ4v) is 5.29. The Labute approximate surface area is 177 Å². The molecule has 2 heterocycles. The van der Waals surface area contributed by atoms with E-state index in [4.69, 9.17) is 16.3 Å². The number of nitrogens with one attached hydrogen (secondary N) is 2. The lowest BCUT2D eigenvalue weighted by Gasteiger charge is -2.29. The second kappa shape index (κ2) is 7.73. The van der Waals surface area contributed by atoms with Crippen LogP contribution in [0.5, 0.6) is 0 Å². The van der Waals surface area contributed by atoms with Gasteiger partial charge in [-0.2, -0.15) is 0 Å². The van der Waals surface area contributed by atoms with Crippen molar-refractivity contribution in [1.82, 2.24) is 14.7 Å². The van der Waals surface area contributed by atoms with Crippen molar-refractivity contribution in [3.05, 3.63) is 69.0 Å². The molecule has 7 nitrogen and oxygen atoms in total. The molecule has 1 atom stereocenters. The van der Waals surface area contributed by atoms with Gasteiger partial charge in [-0.25, -0.2) is 22.5 Å². The highest BCUT2D eigenvalue weighted by molar-refractivity contribution is 7.89. The van der Waals surface area contributed by atoms with E-state index in [1.165, 1.54) is 0 Å². The normalized spacial score (nSPS) is 19.4. The van der Waals surface area contributed by atoms with Crippen LogP contribution in [0.3, 0.4) is 0 Å². The fourth-order valence-electron chi connectivity index (χ4n) is 3.66.